The summed E-state index contributed by atoms with van der Waals surface area (Å²) in [5, 5.41) is 0. The molecule has 1 nitrogen and oxygen atoms in total. The maximum Gasteiger partial charge on any atom is 0.0845 e. The van der Waals surface area contributed by atoms with Crippen molar-refractivity contribution >= 4 is 34.8 Å². The van der Waals surface area contributed by atoms with E-state index in [1.165, 1.54) is 0 Å². The molecule has 0 radical (unpaired) electrons. The van der Waals surface area contributed by atoms with Crippen LogP contribution in [0.15, 0.2) is 0 Å². The van der Waals surface area contributed by atoms with E-state index in [1.54, 1.807) is 0 Å². The first-order valence-electron chi connectivity index (χ1n) is 3.14. The normalized spacial score (nSPS) is 10.8. The molecule has 0 aliphatic carbocycles. The maximum absolute atomic E-state index is 5.50. The molecule has 0 spiro atoms. The summed E-state index contributed by atoms with van der Waals surface area (Å²) in [6.45, 7) is 0.646. The Morgan fingerprint density at radius 2 is 1.70 bits per heavy atom. The Kier molecular flexibility index (Phi) is 8.59. The SMILES string of the molecule is ClCCCOC(CCl)CCl. The molecular weight excluding hydrogens is 194 g/mol. The Morgan fingerprint density at radius 3 is 2.10 bits per heavy atom. The molecule has 0 saturated heterocycles. The lowest BCUT2D eigenvalue weighted by molar-refractivity contribution is 0.0843. The minimum atomic E-state index is -0.0217. The highest BCUT2D eigenvalue weighted by Gasteiger charge is 2.03. The standard InChI is InChI=1S/C6H11Cl3O/c7-2-1-3-10-6(4-8)5-9/h6H,1-5H2. The highest BCUT2D eigenvalue weighted by Crippen LogP contribution is 1.99. The highest BCUT2D eigenvalue weighted by atomic mass is 35.5. The number of hydrogen-bond donors (Lipinski definition) is 0. The molecule has 0 aliphatic heterocycles. The molecule has 4 heteroatoms. The second kappa shape index (κ2) is 7.93. The summed E-state index contributed by atoms with van der Waals surface area (Å²) in [5.74, 6) is 1.52. The van der Waals surface area contributed by atoms with Crippen LogP contribution in [0.2, 0.25) is 0 Å². The van der Waals surface area contributed by atoms with Gasteiger partial charge in [-0.05, 0) is 6.42 Å². The van der Waals surface area contributed by atoms with E-state index in [1.807, 2.05) is 0 Å². The van der Waals surface area contributed by atoms with Gasteiger partial charge in [-0.2, -0.15) is 0 Å². The number of halogens is 3. The molecular formula is C6H11Cl3O. The van der Waals surface area contributed by atoms with E-state index in [9.17, 15) is 0 Å². The van der Waals surface area contributed by atoms with Gasteiger partial charge in [0.2, 0.25) is 0 Å². The fourth-order valence-electron chi connectivity index (χ4n) is 0.435. The average molecular weight is 206 g/mol. The summed E-state index contributed by atoms with van der Waals surface area (Å²) < 4.78 is 5.23. The van der Waals surface area contributed by atoms with Gasteiger partial charge in [-0.15, -0.1) is 34.8 Å². The lowest BCUT2D eigenvalue weighted by Gasteiger charge is -2.10. The summed E-state index contributed by atoms with van der Waals surface area (Å²) >= 11 is 16.4. The fraction of sp³-hybridized carbons (Fsp3) is 1.00. The molecule has 0 aromatic heterocycles. The number of ether oxygens (including phenoxy) is 1. The maximum atomic E-state index is 5.50. The summed E-state index contributed by atoms with van der Waals surface area (Å²) in [7, 11) is 0. The molecule has 0 bridgehead atoms. The molecule has 10 heavy (non-hydrogen) atoms. The summed E-state index contributed by atoms with van der Waals surface area (Å²) in [6, 6.07) is 0. The monoisotopic (exact) mass is 204 g/mol. The van der Waals surface area contributed by atoms with Gasteiger partial charge in [-0.25, -0.2) is 0 Å². The van der Waals surface area contributed by atoms with Crippen LogP contribution in [0, 0.1) is 0 Å². The van der Waals surface area contributed by atoms with Crippen molar-refractivity contribution < 1.29 is 4.74 Å². The van der Waals surface area contributed by atoms with Crippen molar-refractivity contribution in [1.82, 2.24) is 0 Å². The second-order valence-electron chi connectivity index (χ2n) is 1.84. The van der Waals surface area contributed by atoms with Crippen LogP contribution in [0.25, 0.3) is 0 Å². The third-order valence-corrected chi connectivity index (χ3v) is 1.93. The van der Waals surface area contributed by atoms with Crippen molar-refractivity contribution in [3.05, 3.63) is 0 Å². The molecule has 0 aliphatic rings. The number of rotatable bonds is 6. The van der Waals surface area contributed by atoms with Crippen LogP contribution in [0.1, 0.15) is 6.42 Å². The van der Waals surface area contributed by atoms with E-state index in [0.29, 0.717) is 24.2 Å². The van der Waals surface area contributed by atoms with Crippen molar-refractivity contribution in [2.45, 2.75) is 12.5 Å². The van der Waals surface area contributed by atoms with Crippen LogP contribution < -0.4 is 0 Å². The van der Waals surface area contributed by atoms with Crippen LogP contribution in [0.4, 0.5) is 0 Å². The Hall–Kier alpha value is 0.830. The van der Waals surface area contributed by atoms with E-state index >= 15 is 0 Å². The molecule has 0 atom stereocenters. The van der Waals surface area contributed by atoms with E-state index in [2.05, 4.69) is 0 Å². The quantitative estimate of drug-likeness (QED) is 0.478. The Morgan fingerprint density at radius 1 is 1.10 bits per heavy atom. The summed E-state index contributed by atoms with van der Waals surface area (Å²) in [4.78, 5) is 0. The minimum Gasteiger partial charge on any atom is -0.376 e. The van der Waals surface area contributed by atoms with Gasteiger partial charge in [0, 0.05) is 24.2 Å². The van der Waals surface area contributed by atoms with E-state index in [0.717, 1.165) is 6.42 Å². The largest absolute Gasteiger partial charge is 0.376 e. The molecule has 0 heterocycles. The Bertz CT molecular complexity index is 66.0. The van der Waals surface area contributed by atoms with Crippen LogP contribution in [0.5, 0.6) is 0 Å². The fourth-order valence-corrected chi connectivity index (χ4v) is 1.05. The zero-order valence-electron chi connectivity index (χ0n) is 5.66. The molecule has 0 aromatic carbocycles. The zero-order valence-corrected chi connectivity index (χ0v) is 7.92. The van der Waals surface area contributed by atoms with Crippen LogP contribution in [-0.4, -0.2) is 30.4 Å². The van der Waals surface area contributed by atoms with Crippen molar-refractivity contribution in [1.29, 1.82) is 0 Å². The Balaban J connectivity index is 3.09. The van der Waals surface area contributed by atoms with Gasteiger partial charge in [0.25, 0.3) is 0 Å². The van der Waals surface area contributed by atoms with Gasteiger partial charge in [-0.1, -0.05) is 0 Å². The molecule has 62 valence electrons. The zero-order chi connectivity index (χ0) is 7.82. The van der Waals surface area contributed by atoms with Gasteiger partial charge in [0.05, 0.1) is 6.10 Å². The van der Waals surface area contributed by atoms with Gasteiger partial charge in [0.1, 0.15) is 0 Å². The first-order chi connectivity index (χ1) is 4.85. The third-order valence-electron chi connectivity index (χ3n) is 0.976. The number of alkyl halides is 3. The lowest BCUT2D eigenvalue weighted by atomic mass is 10.4. The van der Waals surface area contributed by atoms with Crippen molar-refractivity contribution in [3.8, 4) is 0 Å². The predicted molar refractivity (Wildman–Crippen MR) is 46.5 cm³/mol. The highest BCUT2D eigenvalue weighted by molar-refractivity contribution is 6.21. The molecule has 0 saturated carbocycles. The summed E-state index contributed by atoms with van der Waals surface area (Å²) in [6.07, 6.45) is 0.831. The van der Waals surface area contributed by atoms with E-state index in [4.69, 9.17) is 39.5 Å². The third kappa shape index (κ3) is 5.60. The van der Waals surface area contributed by atoms with Crippen LogP contribution >= 0.6 is 34.8 Å². The smallest absolute Gasteiger partial charge is 0.0845 e. The molecule has 0 fully saturated rings. The van der Waals surface area contributed by atoms with Gasteiger partial charge < -0.3 is 4.74 Å². The van der Waals surface area contributed by atoms with Gasteiger partial charge in [-0.3, -0.25) is 0 Å². The van der Waals surface area contributed by atoms with E-state index in [-0.39, 0.29) is 6.10 Å². The van der Waals surface area contributed by atoms with Crippen molar-refractivity contribution in [3.63, 3.8) is 0 Å². The first kappa shape index (κ1) is 10.8. The number of hydrogen-bond acceptors (Lipinski definition) is 1. The van der Waals surface area contributed by atoms with Gasteiger partial charge in [0.15, 0.2) is 0 Å². The summed E-state index contributed by atoms with van der Waals surface area (Å²) in [5.41, 5.74) is 0. The molecule has 0 rings (SSSR count). The minimum absolute atomic E-state index is 0.0217. The molecule has 0 unspecified atom stereocenters. The first-order valence-corrected chi connectivity index (χ1v) is 4.75. The lowest BCUT2D eigenvalue weighted by Crippen LogP contribution is -2.17. The van der Waals surface area contributed by atoms with Crippen molar-refractivity contribution in [2.75, 3.05) is 24.2 Å². The topological polar surface area (TPSA) is 9.23 Å². The van der Waals surface area contributed by atoms with Crippen LogP contribution in [0.3, 0.4) is 0 Å². The molecule has 0 N–H and O–H groups in total. The van der Waals surface area contributed by atoms with Crippen LogP contribution in [-0.2, 0) is 4.74 Å². The molecule has 0 amide bonds. The van der Waals surface area contributed by atoms with E-state index < -0.39 is 0 Å². The molecule has 0 aromatic rings. The van der Waals surface area contributed by atoms with Gasteiger partial charge >= 0.3 is 0 Å². The van der Waals surface area contributed by atoms with Crippen molar-refractivity contribution in [2.24, 2.45) is 0 Å². The second-order valence-corrected chi connectivity index (χ2v) is 2.84. The predicted octanol–water partition coefficient (Wildman–Crippen LogP) is 2.48. The Labute approximate surface area is 76.6 Å². The average Bonchev–Trinajstić information content (AvgIpc) is 1.99.